The van der Waals surface area contributed by atoms with Crippen LogP contribution in [-0.2, 0) is 11.3 Å². The van der Waals surface area contributed by atoms with E-state index in [0.717, 1.165) is 0 Å². The van der Waals surface area contributed by atoms with Crippen molar-refractivity contribution < 1.29 is 9.53 Å². The van der Waals surface area contributed by atoms with Crippen molar-refractivity contribution in [2.45, 2.75) is 13.5 Å². The number of carbonyl (C=O) groups excluding carboxylic acids is 1. The van der Waals surface area contributed by atoms with Crippen LogP contribution in [0.15, 0.2) is 6.07 Å². The SMILES string of the molecule is COC(=O)c1nc(C)cc(NCc2nn[nH]n2)n1. The second-order valence-corrected chi connectivity index (χ2v) is 3.39. The molecule has 2 heterocycles. The molecule has 0 saturated carbocycles. The van der Waals surface area contributed by atoms with Crippen LogP contribution < -0.4 is 5.32 Å². The molecule has 2 rings (SSSR count). The van der Waals surface area contributed by atoms with Gasteiger partial charge in [0.1, 0.15) is 5.82 Å². The maximum Gasteiger partial charge on any atom is 0.376 e. The lowest BCUT2D eigenvalue weighted by molar-refractivity contribution is 0.0586. The summed E-state index contributed by atoms with van der Waals surface area (Å²) in [7, 11) is 1.28. The summed E-state index contributed by atoms with van der Waals surface area (Å²) in [6, 6.07) is 1.70. The van der Waals surface area contributed by atoms with Gasteiger partial charge in [-0.05, 0) is 6.92 Å². The number of ether oxygens (including phenoxy) is 1. The van der Waals surface area contributed by atoms with Gasteiger partial charge in [-0.1, -0.05) is 5.21 Å². The highest BCUT2D eigenvalue weighted by Crippen LogP contribution is 2.07. The molecular formula is C9H11N7O2. The van der Waals surface area contributed by atoms with E-state index >= 15 is 0 Å². The number of tetrazole rings is 1. The third-order valence-electron chi connectivity index (χ3n) is 2.04. The van der Waals surface area contributed by atoms with E-state index in [1.165, 1.54) is 7.11 Å². The smallest absolute Gasteiger partial charge is 0.376 e. The number of methoxy groups -OCH3 is 1. The number of nitrogens with zero attached hydrogens (tertiary/aromatic N) is 5. The van der Waals surface area contributed by atoms with Crippen LogP contribution in [0.25, 0.3) is 0 Å². The van der Waals surface area contributed by atoms with E-state index in [4.69, 9.17) is 0 Å². The molecule has 2 aromatic heterocycles. The van der Waals surface area contributed by atoms with Crippen molar-refractivity contribution >= 4 is 11.8 Å². The van der Waals surface area contributed by atoms with E-state index in [0.29, 0.717) is 23.9 Å². The molecule has 0 aromatic carbocycles. The van der Waals surface area contributed by atoms with E-state index in [-0.39, 0.29) is 5.82 Å². The normalized spacial score (nSPS) is 10.1. The first-order valence-corrected chi connectivity index (χ1v) is 5.09. The van der Waals surface area contributed by atoms with Crippen LogP contribution in [0.5, 0.6) is 0 Å². The van der Waals surface area contributed by atoms with Crippen LogP contribution in [0.4, 0.5) is 5.82 Å². The van der Waals surface area contributed by atoms with E-state index in [1.54, 1.807) is 13.0 Å². The number of hydrogen-bond donors (Lipinski definition) is 2. The predicted octanol–water partition coefficient (Wildman–Crippen LogP) is -0.303. The van der Waals surface area contributed by atoms with Crippen LogP contribution in [0.2, 0.25) is 0 Å². The Morgan fingerprint density at radius 3 is 3.00 bits per heavy atom. The molecule has 0 bridgehead atoms. The molecule has 2 aromatic rings. The third-order valence-corrected chi connectivity index (χ3v) is 2.04. The van der Waals surface area contributed by atoms with Crippen LogP contribution in [0.3, 0.4) is 0 Å². The van der Waals surface area contributed by atoms with Gasteiger partial charge in [0, 0.05) is 11.8 Å². The van der Waals surface area contributed by atoms with Gasteiger partial charge < -0.3 is 10.1 Å². The number of hydrogen-bond acceptors (Lipinski definition) is 8. The second kappa shape index (κ2) is 5.17. The number of anilines is 1. The Morgan fingerprint density at radius 1 is 1.50 bits per heavy atom. The van der Waals surface area contributed by atoms with Crippen molar-refractivity contribution in [2.24, 2.45) is 0 Å². The molecule has 0 saturated heterocycles. The second-order valence-electron chi connectivity index (χ2n) is 3.39. The fourth-order valence-corrected chi connectivity index (χ4v) is 1.27. The average Bonchev–Trinajstić information content (AvgIpc) is 2.88. The monoisotopic (exact) mass is 249 g/mol. The number of aromatic amines is 1. The number of esters is 1. The highest BCUT2D eigenvalue weighted by molar-refractivity contribution is 5.85. The van der Waals surface area contributed by atoms with Crippen molar-refractivity contribution in [2.75, 3.05) is 12.4 Å². The zero-order valence-electron chi connectivity index (χ0n) is 9.84. The molecule has 0 aliphatic heterocycles. The summed E-state index contributed by atoms with van der Waals surface area (Å²) in [4.78, 5) is 19.3. The summed E-state index contributed by atoms with van der Waals surface area (Å²) in [6.45, 7) is 2.10. The largest absolute Gasteiger partial charge is 0.463 e. The minimum Gasteiger partial charge on any atom is -0.463 e. The van der Waals surface area contributed by atoms with Gasteiger partial charge in [0.15, 0.2) is 5.82 Å². The molecular weight excluding hydrogens is 238 g/mol. The number of nitrogens with one attached hydrogen (secondary N) is 2. The van der Waals surface area contributed by atoms with Crippen LogP contribution in [0, 0.1) is 6.92 Å². The van der Waals surface area contributed by atoms with Gasteiger partial charge in [0.25, 0.3) is 0 Å². The lowest BCUT2D eigenvalue weighted by atomic mass is 10.4. The van der Waals surface area contributed by atoms with Crippen LogP contribution >= 0.6 is 0 Å². The van der Waals surface area contributed by atoms with Crippen LogP contribution in [0.1, 0.15) is 22.1 Å². The fourth-order valence-electron chi connectivity index (χ4n) is 1.27. The molecule has 9 nitrogen and oxygen atoms in total. The minimum atomic E-state index is -0.582. The molecule has 0 fully saturated rings. The topological polar surface area (TPSA) is 119 Å². The van der Waals surface area contributed by atoms with Crippen molar-refractivity contribution in [3.05, 3.63) is 23.4 Å². The molecule has 9 heteroatoms. The van der Waals surface area contributed by atoms with Crippen molar-refractivity contribution in [3.63, 3.8) is 0 Å². The molecule has 0 aliphatic carbocycles. The van der Waals surface area contributed by atoms with E-state index in [2.05, 4.69) is 40.6 Å². The lowest BCUT2D eigenvalue weighted by Crippen LogP contribution is -2.11. The summed E-state index contributed by atoms with van der Waals surface area (Å²) in [5.74, 6) is 0.410. The van der Waals surface area contributed by atoms with Gasteiger partial charge in [-0.3, -0.25) is 0 Å². The van der Waals surface area contributed by atoms with Gasteiger partial charge >= 0.3 is 5.97 Å². The van der Waals surface area contributed by atoms with Crippen molar-refractivity contribution in [1.29, 1.82) is 0 Å². The number of aromatic nitrogens is 6. The van der Waals surface area contributed by atoms with E-state index in [9.17, 15) is 4.79 Å². The highest BCUT2D eigenvalue weighted by Gasteiger charge is 2.11. The first kappa shape index (κ1) is 11.9. The van der Waals surface area contributed by atoms with Gasteiger partial charge in [-0.2, -0.15) is 5.21 Å². The maximum absolute atomic E-state index is 11.3. The van der Waals surface area contributed by atoms with Gasteiger partial charge in [0.2, 0.25) is 5.82 Å². The molecule has 0 unspecified atom stereocenters. The molecule has 94 valence electrons. The Hall–Kier alpha value is -2.58. The molecule has 18 heavy (non-hydrogen) atoms. The standard InChI is InChI=1S/C9H11N7O2/c1-5-3-6(10-4-7-13-15-16-14-7)12-8(11-5)9(17)18-2/h3H,4H2,1-2H3,(H,10,11,12)(H,13,14,15,16). The molecule has 0 atom stereocenters. The van der Waals surface area contributed by atoms with E-state index in [1.807, 2.05) is 0 Å². The number of aryl methyl sites for hydroxylation is 1. The first-order valence-electron chi connectivity index (χ1n) is 5.09. The summed E-state index contributed by atoms with van der Waals surface area (Å²) in [5.41, 5.74) is 0.654. The minimum absolute atomic E-state index is 0.00751. The Morgan fingerprint density at radius 2 is 2.33 bits per heavy atom. The van der Waals surface area contributed by atoms with E-state index < -0.39 is 5.97 Å². The Balaban J connectivity index is 2.12. The maximum atomic E-state index is 11.3. The number of H-pyrrole nitrogens is 1. The van der Waals surface area contributed by atoms with Crippen LogP contribution in [-0.4, -0.2) is 43.7 Å². The predicted molar refractivity (Wildman–Crippen MR) is 59.6 cm³/mol. The molecule has 0 radical (unpaired) electrons. The first-order chi connectivity index (χ1) is 8.69. The zero-order chi connectivity index (χ0) is 13.0. The quantitative estimate of drug-likeness (QED) is 0.708. The summed E-state index contributed by atoms with van der Waals surface area (Å²) >= 11 is 0. The molecule has 0 spiro atoms. The van der Waals surface area contributed by atoms with Crippen molar-refractivity contribution in [1.82, 2.24) is 30.6 Å². The molecule has 0 amide bonds. The number of carbonyl (C=O) groups is 1. The summed E-state index contributed by atoms with van der Waals surface area (Å²) < 4.78 is 4.57. The Bertz CT molecular complexity index is 540. The summed E-state index contributed by atoms with van der Waals surface area (Å²) in [6.07, 6.45) is 0. The van der Waals surface area contributed by atoms with Gasteiger partial charge in [-0.25, -0.2) is 14.8 Å². The van der Waals surface area contributed by atoms with Gasteiger partial charge in [0.05, 0.1) is 13.7 Å². The zero-order valence-corrected chi connectivity index (χ0v) is 9.84. The summed E-state index contributed by atoms with van der Waals surface area (Å²) in [5, 5.41) is 16.3. The van der Waals surface area contributed by atoms with Gasteiger partial charge in [-0.15, -0.1) is 10.2 Å². The molecule has 2 N–H and O–H groups in total. The Kier molecular flexibility index (Phi) is 3.41. The molecule has 0 aliphatic rings. The Labute approximate surface area is 102 Å². The van der Waals surface area contributed by atoms with Crippen molar-refractivity contribution in [3.8, 4) is 0 Å². The fraction of sp³-hybridized carbons (Fsp3) is 0.333. The number of rotatable bonds is 4. The lowest BCUT2D eigenvalue weighted by Gasteiger charge is -2.05. The average molecular weight is 249 g/mol. The highest BCUT2D eigenvalue weighted by atomic mass is 16.5. The third kappa shape index (κ3) is 2.75.